The van der Waals surface area contributed by atoms with E-state index in [1.165, 1.54) is 0 Å². The summed E-state index contributed by atoms with van der Waals surface area (Å²) in [5, 5.41) is 12.4. The Kier molecular flexibility index (Phi) is 6.86. The average molecular weight is 274 g/mol. The van der Waals surface area contributed by atoms with Gasteiger partial charge in [-0.2, -0.15) is 11.8 Å². The van der Waals surface area contributed by atoms with Crippen LogP contribution in [0.2, 0.25) is 0 Å². The Labute approximate surface area is 115 Å². The maximum absolute atomic E-state index is 11.9. The lowest BCUT2D eigenvalue weighted by Crippen LogP contribution is -2.48. The Hall–Kier alpha value is -0.420. The lowest BCUT2D eigenvalue weighted by Gasteiger charge is -2.40. The fraction of sp³-hybridized carbons (Fsp3) is 0.923. The zero-order chi connectivity index (χ0) is 13.4. The van der Waals surface area contributed by atoms with Crippen LogP contribution in [0.15, 0.2) is 0 Å². The predicted octanol–water partition coefficient (Wildman–Crippen LogP) is 1.93. The molecule has 0 aliphatic carbocycles. The van der Waals surface area contributed by atoms with Gasteiger partial charge in [-0.25, -0.2) is 4.79 Å². The average Bonchev–Trinajstić information content (AvgIpc) is 2.43. The summed E-state index contributed by atoms with van der Waals surface area (Å²) in [5.41, 5.74) is 0.0512. The molecule has 1 saturated heterocycles. The van der Waals surface area contributed by atoms with Crippen LogP contribution in [-0.2, 0) is 0 Å². The minimum Gasteiger partial charge on any atom is -0.396 e. The van der Waals surface area contributed by atoms with Gasteiger partial charge in [0.2, 0.25) is 0 Å². The molecule has 1 fully saturated rings. The van der Waals surface area contributed by atoms with Crippen molar-refractivity contribution >= 4 is 17.8 Å². The number of aliphatic hydroxyl groups excluding tert-OH is 1. The molecule has 1 heterocycles. The zero-order valence-corrected chi connectivity index (χ0v) is 12.4. The van der Waals surface area contributed by atoms with E-state index in [2.05, 4.69) is 18.5 Å². The van der Waals surface area contributed by atoms with Crippen LogP contribution < -0.4 is 5.32 Å². The quantitative estimate of drug-likeness (QED) is 0.728. The third kappa shape index (κ3) is 4.35. The fourth-order valence-corrected chi connectivity index (χ4v) is 2.76. The fourth-order valence-electron chi connectivity index (χ4n) is 2.33. The lowest BCUT2D eigenvalue weighted by atomic mass is 9.77. The van der Waals surface area contributed by atoms with Gasteiger partial charge in [0.15, 0.2) is 0 Å². The zero-order valence-electron chi connectivity index (χ0n) is 11.6. The van der Waals surface area contributed by atoms with E-state index >= 15 is 0 Å². The molecule has 1 aliphatic rings. The Morgan fingerprint density at radius 1 is 1.44 bits per heavy atom. The van der Waals surface area contributed by atoms with Crippen LogP contribution >= 0.6 is 11.8 Å². The van der Waals surface area contributed by atoms with Crippen LogP contribution in [0.1, 0.15) is 32.6 Å². The summed E-state index contributed by atoms with van der Waals surface area (Å²) in [7, 11) is 0. The molecule has 2 amide bonds. The summed E-state index contributed by atoms with van der Waals surface area (Å²) in [6, 6.07) is 0.0544. The molecule has 0 radical (unpaired) electrons. The molecule has 4 nitrogen and oxygen atoms in total. The largest absolute Gasteiger partial charge is 0.396 e. The van der Waals surface area contributed by atoms with E-state index < -0.39 is 0 Å². The summed E-state index contributed by atoms with van der Waals surface area (Å²) < 4.78 is 0. The smallest absolute Gasteiger partial charge is 0.317 e. The molecule has 0 spiro atoms. The number of piperidine rings is 1. The Morgan fingerprint density at radius 3 is 2.61 bits per heavy atom. The van der Waals surface area contributed by atoms with Crippen molar-refractivity contribution in [1.29, 1.82) is 0 Å². The van der Waals surface area contributed by atoms with Crippen LogP contribution in [0.3, 0.4) is 0 Å². The number of hydrogen-bond donors (Lipinski definition) is 2. The van der Waals surface area contributed by atoms with Gasteiger partial charge in [0.05, 0.1) is 0 Å². The van der Waals surface area contributed by atoms with Gasteiger partial charge in [-0.3, -0.25) is 0 Å². The SMILES string of the molecule is CCC1(CO)CCN(C(=O)NCCCSC)CC1. The number of rotatable bonds is 6. The molecule has 0 atom stereocenters. The van der Waals surface area contributed by atoms with Crippen molar-refractivity contribution in [1.82, 2.24) is 10.2 Å². The van der Waals surface area contributed by atoms with Gasteiger partial charge in [0, 0.05) is 26.2 Å². The Morgan fingerprint density at radius 2 is 2.11 bits per heavy atom. The van der Waals surface area contributed by atoms with Gasteiger partial charge in [-0.15, -0.1) is 0 Å². The number of carbonyl (C=O) groups excluding carboxylic acids is 1. The monoisotopic (exact) mass is 274 g/mol. The maximum Gasteiger partial charge on any atom is 0.317 e. The highest BCUT2D eigenvalue weighted by Gasteiger charge is 2.33. The van der Waals surface area contributed by atoms with Crippen LogP contribution in [0.5, 0.6) is 0 Å². The number of thioether (sulfide) groups is 1. The van der Waals surface area contributed by atoms with Gasteiger partial charge in [-0.1, -0.05) is 6.92 Å². The van der Waals surface area contributed by atoms with Crippen molar-refractivity contribution < 1.29 is 9.90 Å². The number of carbonyl (C=O) groups is 1. The molecule has 106 valence electrons. The second-order valence-electron chi connectivity index (χ2n) is 5.08. The first kappa shape index (κ1) is 15.6. The van der Waals surface area contributed by atoms with E-state index in [-0.39, 0.29) is 18.1 Å². The molecule has 5 heteroatoms. The number of nitrogens with one attached hydrogen (secondary N) is 1. The minimum absolute atomic E-state index is 0.0512. The van der Waals surface area contributed by atoms with Crippen molar-refractivity contribution in [3.63, 3.8) is 0 Å². The highest BCUT2D eigenvalue weighted by molar-refractivity contribution is 7.98. The molecule has 0 aromatic carbocycles. The van der Waals surface area contributed by atoms with Crippen LogP contribution in [0, 0.1) is 5.41 Å². The first-order valence-corrected chi connectivity index (χ1v) is 8.19. The Balaban J connectivity index is 2.27. The number of hydrogen-bond acceptors (Lipinski definition) is 3. The molecule has 2 N–H and O–H groups in total. The third-order valence-electron chi connectivity index (χ3n) is 4.00. The highest BCUT2D eigenvalue weighted by Crippen LogP contribution is 2.34. The number of nitrogens with zero attached hydrogens (tertiary/aromatic N) is 1. The summed E-state index contributed by atoms with van der Waals surface area (Å²) in [5.74, 6) is 1.09. The highest BCUT2D eigenvalue weighted by atomic mass is 32.2. The van der Waals surface area contributed by atoms with E-state index in [9.17, 15) is 9.90 Å². The van der Waals surface area contributed by atoms with E-state index in [0.717, 1.165) is 51.1 Å². The van der Waals surface area contributed by atoms with Gasteiger partial charge >= 0.3 is 6.03 Å². The van der Waals surface area contributed by atoms with Crippen molar-refractivity contribution in [3.05, 3.63) is 0 Å². The molecule has 0 aromatic heterocycles. The summed E-state index contributed by atoms with van der Waals surface area (Å²) >= 11 is 1.80. The molecule has 0 saturated carbocycles. The van der Waals surface area contributed by atoms with Gasteiger partial charge < -0.3 is 15.3 Å². The van der Waals surface area contributed by atoms with Crippen molar-refractivity contribution in [3.8, 4) is 0 Å². The van der Waals surface area contributed by atoms with E-state index in [0.29, 0.717) is 0 Å². The number of urea groups is 1. The Bertz CT molecular complexity index is 247. The predicted molar refractivity (Wildman–Crippen MR) is 77.0 cm³/mol. The maximum atomic E-state index is 11.9. The second-order valence-corrected chi connectivity index (χ2v) is 6.06. The molecule has 0 bridgehead atoms. The van der Waals surface area contributed by atoms with Crippen molar-refractivity contribution in [2.75, 3.05) is 38.2 Å². The topological polar surface area (TPSA) is 52.6 Å². The molecular formula is C13H26N2O2S. The van der Waals surface area contributed by atoms with Crippen LogP contribution in [0.4, 0.5) is 4.79 Å². The lowest BCUT2D eigenvalue weighted by molar-refractivity contribution is 0.0520. The minimum atomic E-state index is 0.0512. The van der Waals surface area contributed by atoms with Crippen LogP contribution in [-0.4, -0.2) is 54.3 Å². The summed E-state index contributed by atoms with van der Waals surface area (Å²) in [4.78, 5) is 13.8. The standard InChI is InChI=1S/C13H26N2O2S/c1-3-13(11-16)5-8-15(9-6-13)12(17)14-7-4-10-18-2/h16H,3-11H2,1-2H3,(H,14,17). The van der Waals surface area contributed by atoms with E-state index in [1.54, 1.807) is 11.8 Å². The van der Waals surface area contributed by atoms with Gasteiger partial charge in [0.25, 0.3) is 0 Å². The van der Waals surface area contributed by atoms with E-state index in [1.807, 2.05) is 4.90 Å². The summed E-state index contributed by atoms with van der Waals surface area (Å²) in [6.07, 6.45) is 5.92. The summed E-state index contributed by atoms with van der Waals surface area (Å²) in [6.45, 7) is 4.65. The second kappa shape index (κ2) is 7.89. The number of aliphatic hydroxyl groups is 1. The molecule has 18 heavy (non-hydrogen) atoms. The molecular weight excluding hydrogens is 248 g/mol. The molecule has 0 aromatic rings. The van der Waals surface area contributed by atoms with Crippen molar-refractivity contribution in [2.24, 2.45) is 5.41 Å². The molecule has 1 aliphatic heterocycles. The van der Waals surface area contributed by atoms with E-state index in [4.69, 9.17) is 0 Å². The first-order chi connectivity index (χ1) is 8.67. The normalized spacial score (nSPS) is 18.7. The van der Waals surface area contributed by atoms with Crippen molar-refractivity contribution in [2.45, 2.75) is 32.6 Å². The van der Waals surface area contributed by atoms with Crippen LogP contribution in [0.25, 0.3) is 0 Å². The molecule has 1 rings (SSSR count). The van der Waals surface area contributed by atoms with Gasteiger partial charge in [-0.05, 0) is 43.1 Å². The third-order valence-corrected chi connectivity index (χ3v) is 4.70. The number of amides is 2. The first-order valence-electron chi connectivity index (χ1n) is 6.80. The number of likely N-dealkylation sites (tertiary alicyclic amines) is 1. The van der Waals surface area contributed by atoms with Gasteiger partial charge in [0.1, 0.15) is 0 Å². The molecule has 0 unspecified atom stereocenters.